The van der Waals surface area contributed by atoms with E-state index in [0.717, 1.165) is 23.0 Å². The van der Waals surface area contributed by atoms with Crippen LogP contribution in [0.25, 0.3) is 0 Å². The number of hydrogen-bond acceptors (Lipinski definition) is 2. The summed E-state index contributed by atoms with van der Waals surface area (Å²) in [6, 6.07) is 11.5. The molecule has 2 rings (SSSR count). The van der Waals surface area contributed by atoms with Gasteiger partial charge in [0, 0.05) is 12.4 Å². The van der Waals surface area contributed by atoms with Crippen LogP contribution in [0.15, 0.2) is 48.8 Å². The van der Waals surface area contributed by atoms with Crippen LogP contribution in [0.1, 0.15) is 16.7 Å². The monoisotopic (exact) mass is 369 g/mol. The van der Waals surface area contributed by atoms with Crippen molar-refractivity contribution in [1.29, 1.82) is 0 Å². The summed E-state index contributed by atoms with van der Waals surface area (Å²) in [5.41, 5.74) is 2.92. The van der Waals surface area contributed by atoms with E-state index in [4.69, 9.17) is 0 Å². The van der Waals surface area contributed by atoms with Gasteiger partial charge in [-0.1, -0.05) is 40.2 Å². The molecular weight excluding hydrogens is 358 g/mol. The first-order valence-electron chi connectivity index (χ1n) is 5.30. The van der Waals surface area contributed by atoms with Crippen molar-refractivity contribution in [2.24, 2.45) is 0 Å². The Morgan fingerprint density at radius 2 is 1.78 bits per heavy atom. The van der Waals surface area contributed by atoms with Crippen molar-refractivity contribution in [1.82, 2.24) is 4.98 Å². The third-order valence-corrected chi connectivity index (χ3v) is 3.87. The maximum atomic E-state index is 11.5. The smallest absolute Gasteiger partial charge is 0.145 e. The predicted molar refractivity (Wildman–Crippen MR) is 81.5 cm³/mol. The third-order valence-electron chi connectivity index (χ3n) is 2.80. The van der Waals surface area contributed by atoms with Crippen molar-refractivity contribution >= 4 is 39.2 Å². The van der Waals surface area contributed by atoms with E-state index in [1.165, 1.54) is 0 Å². The molecule has 0 bridgehead atoms. The standard InChI is InChI=1S/C14H12BrNO.BrH/c1-11-4-2-3-5-13(11)14(15,10-17)12-6-8-16-9-7-12;/h2-10H,1H3;1H. The summed E-state index contributed by atoms with van der Waals surface area (Å²) >= 11 is 3.56. The third kappa shape index (κ3) is 2.70. The van der Waals surface area contributed by atoms with E-state index < -0.39 is 4.32 Å². The van der Waals surface area contributed by atoms with Crippen molar-refractivity contribution < 1.29 is 4.79 Å². The van der Waals surface area contributed by atoms with E-state index in [1.54, 1.807) is 12.4 Å². The molecule has 0 radical (unpaired) electrons. The van der Waals surface area contributed by atoms with E-state index in [2.05, 4.69) is 20.9 Å². The molecule has 1 heterocycles. The number of aldehydes is 1. The molecule has 0 N–H and O–H groups in total. The normalized spacial score (nSPS) is 13.2. The number of aromatic nitrogens is 1. The number of rotatable bonds is 3. The van der Waals surface area contributed by atoms with Crippen LogP contribution in [0.4, 0.5) is 0 Å². The molecule has 0 saturated heterocycles. The number of nitrogens with zero attached hydrogens (tertiary/aromatic N) is 1. The molecule has 0 aliphatic heterocycles. The number of alkyl halides is 1. The van der Waals surface area contributed by atoms with Crippen LogP contribution >= 0.6 is 32.9 Å². The fourth-order valence-electron chi connectivity index (χ4n) is 1.86. The molecule has 0 fully saturated rings. The minimum Gasteiger partial charge on any atom is -0.301 e. The van der Waals surface area contributed by atoms with Crippen molar-refractivity contribution in [3.05, 3.63) is 65.5 Å². The number of halogens is 2. The minimum atomic E-state index is -0.790. The van der Waals surface area contributed by atoms with Gasteiger partial charge in [0.2, 0.25) is 0 Å². The highest BCUT2D eigenvalue weighted by Crippen LogP contribution is 2.37. The Morgan fingerprint density at radius 1 is 1.17 bits per heavy atom. The average molecular weight is 371 g/mol. The van der Waals surface area contributed by atoms with Gasteiger partial charge >= 0.3 is 0 Å². The summed E-state index contributed by atoms with van der Waals surface area (Å²) in [6.07, 6.45) is 4.30. The molecule has 94 valence electrons. The zero-order valence-corrected chi connectivity index (χ0v) is 13.1. The first-order chi connectivity index (χ1) is 8.18. The van der Waals surface area contributed by atoms with Crippen LogP contribution in [0, 0.1) is 6.92 Å². The quantitative estimate of drug-likeness (QED) is 0.607. The number of pyridine rings is 1. The van der Waals surface area contributed by atoms with Crippen molar-refractivity contribution in [2.75, 3.05) is 0 Å². The largest absolute Gasteiger partial charge is 0.301 e. The van der Waals surface area contributed by atoms with Gasteiger partial charge in [0.15, 0.2) is 0 Å². The van der Waals surface area contributed by atoms with Gasteiger partial charge in [-0.2, -0.15) is 0 Å². The zero-order chi connectivity index (χ0) is 12.3. The second kappa shape index (κ2) is 6.25. The molecule has 1 aromatic heterocycles. The number of carbonyl (C=O) groups is 1. The first kappa shape index (κ1) is 15.1. The summed E-state index contributed by atoms with van der Waals surface area (Å²) in [7, 11) is 0. The Bertz CT molecular complexity index is 530. The fraction of sp³-hybridized carbons (Fsp3) is 0.143. The molecule has 0 spiro atoms. The van der Waals surface area contributed by atoms with Gasteiger partial charge in [0.05, 0.1) is 0 Å². The lowest BCUT2D eigenvalue weighted by Crippen LogP contribution is -2.22. The molecule has 0 saturated carbocycles. The lowest BCUT2D eigenvalue weighted by Gasteiger charge is -2.23. The van der Waals surface area contributed by atoms with Gasteiger partial charge < -0.3 is 4.79 Å². The summed E-state index contributed by atoms with van der Waals surface area (Å²) in [5, 5.41) is 0. The highest BCUT2D eigenvalue weighted by Gasteiger charge is 2.31. The first-order valence-corrected chi connectivity index (χ1v) is 6.09. The molecule has 2 aromatic rings. The Labute approximate surface area is 125 Å². The van der Waals surface area contributed by atoms with Gasteiger partial charge in [-0.05, 0) is 35.7 Å². The van der Waals surface area contributed by atoms with Gasteiger partial charge in [0.25, 0.3) is 0 Å². The van der Waals surface area contributed by atoms with Crippen LogP contribution in [-0.4, -0.2) is 11.3 Å². The second-order valence-electron chi connectivity index (χ2n) is 3.88. The second-order valence-corrected chi connectivity index (χ2v) is 5.13. The SMILES string of the molecule is Br.Cc1ccccc1C(Br)(C=O)c1ccncc1. The molecule has 0 aliphatic carbocycles. The van der Waals surface area contributed by atoms with Crippen molar-refractivity contribution in [3.8, 4) is 0 Å². The van der Waals surface area contributed by atoms with Crippen molar-refractivity contribution in [2.45, 2.75) is 11.2 Å². The van der Waals surface area contributed by atoms with Gasteiger partial charge in [-0.25, -0.2) is 0 Å². The molecule has 1 aromatic carbocycles. The van der Waals surface area contributed by atoms with E-state index >= 15 is 0 Å². The van der Waals surface area contributed by atoms with Crippen molar-refractivity contribution in [3.63, 3.8) is 0 Å². The number of aryl methyl sites for hydroxylation is 1. The lowest BCUT2D eigenvalue weighted by molar-refractivity contribution is -0.109. The van der Waals surface area contributed by atoms with E-state index in [9.17, 15) is 4.79 Å². The highest BCUT2D eigenvalue weighted by molar-refractivity contribution is 9.10. The minimum absolute atomic E-state index is 0. The Kier molecular flexibility index (Phi) is 5.23. The summed E-state index contributed by atoms with van der Waals surface area (Å²) in [4.78, 5) is 15.5. The molecular formula is C14H13Br2NO. The molecule has 0 aliphatic rings. The predicted octanol–water partition coefficient (Wildman–Crippen LogP) is 3.81. The van der Waals surface area contributed by atoms with Crippen LogP contribution in [-0.2, 0) is 9.12 Å². The topological polar surface area (TPSA) is 30.0 Å². The van der Waals surface area contributed by atoms with E-state index in [0.29, 0.717) is 0 Å². The molecule has 0 amide bonds. The Balaban J connectivity index is 0.00000162. The van der Waals surface area contributed by atoms with Gasteiger partial charge in [-0.15, -0.1) is 17.0 Å². The maximum Gasteiger partial charge on any atom is 0.145 e. The highest BCUT2D eigenvalue weighted by atomic mass is 79.9. The molecule has 4 heteroatoms. The van der Waals surface area contributed by atoms with Gasteiger partial charge in [-0.3, -0.25) is 4.98 Å². The summed E-state index contributed by atoms with van der Waals surface area (Å²) < 4.78 is -0.790. The molecule has 18 heavy (non-hydrogen) atoms. The summed E-state index contributed by atoms with van der Waals surface area (Å²) in [6.45, 7) is 2.00. The van der Waals surface area contributed by atoms with Crippen LogP contribution in [0.3, 0.4) is 0 Å². The Morgan fingerprint density at radius 3 is 2.33 bits per heavy atom. The zero-order valence-electron chi connectivity index (χ0n) is 9.84. The molecule has 2 nitrogen and oxygen atoms in total. The lowest BCUT2D eigenvalue weighted by atomic mass is 9.90. The van der Waals surface area contributed by atoms with E-state index in [-0.39, 0.29) is 17.0 Å². The number of hydrogen-bond donors (Lipinski definition) is 0. The number of carbonyl (C=O) groups excluding carboxylic acids is 1. The molecule has 1 unspecified atom stereocenters. The fourth-order valence-corrected chi connectivity index (χ4v) is 2.57. The van der Waals surface area contributed by atoms with Crippen LogP contribution in [0.5, 0.6) is 0 Å². The Hall–Kier alpha value is -1.00. The van der Waals surface area contributed by atoms with Crippen LogP contribution < -0.4 is 0 Å². The van der Waals surface area contributed by atoms with Crippen LogP contribution in [0.2, 0.25) is 0 Å². The average Bonchev–Trinajstić information content (AvgIpc) is 2.39. The summed E-state index contributed by atoms with van der Waals surface area (Å²) in [5.74, 6) is 0. The molecule has 1 atom stereocenters. The number of benzene rings is 1. The van der Waals surface area contributed by atoms with E-state index in [1.807, 2.05) is 43.3 Å². The van der Waals surface area contributed by atoms with Gasteiger partial charge in [0.1, 0.15) is 10.6 Å². The maximum absolute atomic E-state index is 11.5.